The number of nitrogens with one attached hydrogen (secondary N) is 1. The number of ether oxygens (including phenoxy) is 3. The maximum absolute atomic E-state index is 13.7. The number of carbonyl (C=O) groups excluding carboxylic acids is 3. The molecule has 1 amide bonds. The van der Waals surface area contributed by atoms with Crippen LogP contribution in [0.5, 0.6) is 0 Å². The van der Waals surface area contributed by atoms with Crippen molar-refractivity contribution in [2.24, 2.45) is 46.3 Å². The molecule has 2 aromatic rings. The van der Waals surface area contributed by atoms with E-state index in [0.29, 0.717) is 43.2 Å². The molecule has 11 heteroatoms. The van der Waals surface area contributed by atoms with E-state index in [9.17, 15) is 34.5 Å². The number of alkyl carbamates (subject to hydrolysis) is 1. The second-order valence-electron chi connectivity index (χ2n) is 18.6. The Balaban J connectivity index is 1.23. The number of aliphatic hydroxyl groups is 2. The summed E-state index contributed by atoms with van der Waals surface area (Å²) in [6, 6.07) is 16.6. The van der Waals surface area contributed by atoms with E-state index in [1.54, 1.807) is 63.2 Å². The van der Waals surface area contributed by atoms with Crippen LogP contribution < -0.4 is 5.32 Å². The first kappa shape index (κ1) is 41.7. The summed E-state index contributed by atoms with van der Waals surface area (Å²) >= 11 is 0. The van der Waals surface area contributed by atoms with Gasteiger partial charge in [-0.1, -0.05) is 69.3 Å². The maximum Gasteiger partial charge on any atom is 0.408 e. The molecule has 6 rings (SSSR count). The summed E-state index contributed by atoms with van der Waals surface area (Å²) in [5.41, 5.74) is -0.480. The average Bonchev–Trinajstić information content (AvgIpc) is 3.51. The van der Waals surface area contributed by atoms with Crippen molar-refractivity contribution in [3.8, 4) is 0 Å². The summed E-state index contributed by atoms with van der Waals surface area (Å²) < 4.78 is 18.0. The minimum absolute atomic E-state index is 0.000433. The van der Waals surface area contributed by atoms with Gasteiger partial charge in [0.25, 0.3) is 0 Å². The van der Waals surface area contributed by atoms with Gasteiger partial charge in [-0.3, -0.25) is 4.79 Å². The highest BCUT2D eigenvalue weighted by molar-refractivity contribution is 5.89. The van der Waals surface area contributed by atoms with Crippen molar-refractivity contribution in [3.05, 3.63) is 71.8 Å². The minimum Gasteiger partial charge on any atom is -0.481 e. The Kier molecular flexibility index (Phi) is 12.3. The van der Waals surface area contributed by atoms with Crippen molar-refractivity contribution in [1.82, 2.24) is 5.32 Å². The third kappa shape index (κ3) is 8.49. The van der Waals surface area contributed by atoms with Gasteiger partial charge >= 0.3 is 24.0 Å². The molecule has 0 heterocycles. The normalized spacial score (nSPS) is 34.0. The highest BCUT2D eigenvalue weighted by atomic mass is 16.6. The van der Waals surface area contributed by atoms with Crippen LogP contribution in [0.1, 0.15) is 121 Å². The smallest absolute Gasteiger partial charge is 0.408 e. The summed E-state index contributed by atoms with van der Waals surface area (Å²) in [7, 11) is 0. The van der Waals surface area contributed by atoms with Gasteiger partial charge in [0.1, 0.15) is 17.8 Å². The molecular formula is C45H61NO10. The summed E-state index contributed by atoms with van der Waals surface area (Å²) in [5, 5.41) is 35.7. The van der Waals surface area contributed by atoms with Crippen molar-refractivity contribution in [3.63, 3.8) is 0 Å². The number of carboxylic acids is 1. The van der Waals surface area contributed by atoms with E-state index in [2.05, 4.69) is 26.1 Å². The summed E-state index contributed by atoms with van der Waals surface area (Å²) in [6.45, 7) is 11.8. The molecule has 4 aliphatic rings. The van der Waals surface area contributed by atoms with Crippen molar-refractivity contribution < 1.29 is 48.7 Å². The second-order valence-corrected chi connectivity index (χ2v) is 18.6. The molecule has 4 saturated carbocycles. The van der Waals surface area contributed by atoms with E-state index in [4.69, 9.17) is 14.2 Å². The fourth-order valence-electron chi connectivity index (χ4n) is 11.5. The number of hydrogen-bond donors (Lipinski definition) is 4. The summed E-state index contributed by atoms with van der Waals surface area (Å²) in [5.74, 6) is -1.67. The van der Waals surface area contributed by atoms with Gasteiger partial charge in [0.05, 0.1) is 17.7 Å². The van der Waals surface area contributed by atoms with Crippen LogP contribution in [0.4, 0.5) is 4.79 Å². The van der Waals surface area contributed by atoms with Gasteiger partial charge in [0.15, 0.2) is 6.10 Å². The number of aliphatic carboxylic acids is 1. The molecule has 306 valence electrons. The number of aliphatic hydroxyl groups excluding tert-OH is 2. The Labute approximate surface area is 330 Å². The first-order chi connectivity index (χ1) is 26.4. The lowest BCUT2D eigenvalue weighted by molar-refractivity contribution is -0.210. The molecule has 0 saturated heterocycles. The molecule has 0 unspecified atom stereocenters. The van der Waals surface area contributed by atoms with Gasteiger partial charge in [-0.25, -0.2) is 14.4 Å². The predicted octanol–water partition coefficient (Wildman–Crippen LogP) is 7.49. The maximum atomic E-state index is 13.7. The lowest BCUT2D eigenvalue weighted by Crippen LogP contribution is -2.63. The van der Waals surface area contributed by atoms with Crippen molar-refractivity contribution in [2.75, 3.05) is 0 Å². The number of benzene rings is 2. The van der Waals surface area contributed by atoms with Crippen LogP contribution in [0.2, 0.25) is 0 Å². The van der Waals surface area contributed by atoms with Gasteiger partial charge in [0, 0.05) is 12.3 Å². The number of hydrogen-bond acceptors (Lipinski definition) is 9. The highest BCUT2D eigenvalue weighted by Crippen LogP contribution is 2.69. The largest absolute Gasteiger partial charge is 0.481 e. The fourth-order valence-corrected chi connectivity index (χ4v) is 11.5. The van der Waals surface area contributed by atoms with Crippen molar-refractivity contribution >= 4 is 24.0 Å². The first-order valence-corrected chi connectivity index (χ1v) is 20.5. The lowest BCUT2D eigenvalue weighted by Gasteiger charge is -2.64. The highest BCUT2D eigenvalue weighted by Gasteiger charge is 2.66. The zero-order valence-corrected chi connectivity index (χ0v) is 33.7. The number of rotatable bonds is 11. The van der Waals surface area contributed by atoms with Crippen LogP contribution in [0.25, 0.3) is 0 Å². The third-order valence-corrected chi connectivity index (χ3v) is 14.2. The molecular weight excluding hydrogens is 714 g/mol. The Morgan fingerprint density at radius 1 is 0.893 bits per heavy atom. The minimum atomic E-state index is -1.70. The molecule has 0 aromatic heterocycles. The van der Waals surface area contributed by atoms with Gasteiger partial charge in [0.2, 0.25) is 0 Å². The standard InChI is InChI=1S/C45H61NO10/c1-26(17-20-36(48)49)31-18-19-32-37-33(25-35(47)45(31,32)6)44(5)22-21-30(23-29(44)24-34(37)55-40(51)28-15-11-8-12-16-28)54-41(52)39(50)38(27-13-9-7-10-14-27)46-42(53)56-43(2,3)4/h7-16,26,29-35,37-39,47,50H,17-25H2,1-6H3,(H,46,53)(H,48,49)/t26-,29+,30-,31-,32+,33+,34-,35+,37+,38+,39-,44+,45-/m1/s1. The van der Waals surface area contributed by atoms with Crippen LogP contribution in [0.3, 0.4) is 0 Å². The van der Waals surface area contributed by atoms with Crippen LogP contribution in [0, 0.1) is 46.3 Å². The van der Waals surface area contributed by atoms with Crippen LogP contribution in [-0.2, 0) is 23.8 Å². The molecule has 2 aromatic carbocycles. The predicted molar refractivity (Wildman–Crippen MR) is 208 cm³/mol. The second kappa shape index (κ2) is 16.5. The number of fused-ring (bicyclic) bond motifs is 5. The zero-order valence-electron chi connectivity index (χ0n) is 33.7. The quantitative estimate of drug-likeness (QED) is 0.133. The molecule has 0 spiro atoms. The van der Waals surface area contributed by atoms with Crippen LogP contribution >= 0.6 is 0 Å². The average molecular weight is 776 g/mol. The van der Waals surface area contributed by atoms with E-state index in [-0.39, 0.29) is 53.3 Å². The van der Waals surface area contributed by atoms with Crippen molar-refractivity contribution in [2.45, 2.75) is 135 Å². The topological polar surface area (TPSA) is 169 Å². The molecule has 0 radical (unpaired) electrons. The molecule has 11 nitrogen and oxygen atoms in total. The Morgan fingerprint density at radius 3 is 2.20 bits per heavy atom. The van der Waals surface area contributed by atoms with E-state index < -0.39 is 59.5 Å². The van der Waals surface area contributed by atoms with E-state index in [1.807, 2.05) is 18.2 Å². The molecule has 4 N–H and O–H groups in total. The van der Waals surface area contributed by atoms with Gasteiger partial charge in [-0.05, 0) is 130 Å². The van der Waals surface area contributed by atoms with Gasteiger partial charge in [-0.2, -0.15) is 0 Å². The molecule has 4 fully saturated rings. The molecule has 4 aliphatic carbocycles. The fraction of sp³-hybridized carbons (Fsp3) is 0.644. The molecule has 0 aliphatic heterocycles. The van der Waals surface area contributed by atoms with Gasteiger partial charge in [-0.15, -0.1) is 0 Å². The van der Waals surface area contributed by atoms with Crippen LogP contribution in [-0.4, -0.2) is 69.3 Å². The van der Waals surface area contributed by atoms with E-state index in [1.165, 1.54) is 0 Å². The summed E-state index contributed by atoms with van der Waals surface area (Å²) in [6.07, 6.45) is 1.27. The number of amides is 1. The Hall–Kier alpha value is -3.96. The SMILES string of the molecule is C[C@H](CCC(=O)O)[C@H]1CC[C@H]2[C@@H]3[C@H](OC(=O)c4ccccc4)C[C@@H]4C[C@H](OC(=O)[C@H](O)[C@@H](NC(=O)OC(C)(C)C)c5ccccc5)CC[C@]4(C)[C@H]3C[C@H](O)[C@]12C. The summed E-state index contributed by atoms with van der Waals surface area (Å²) in [4.78, 5) is 51.7. The number of esters is 2. The molecule has 13 atom stereocenters. The van der Waals surface area contributed by atoms with E-state index >= 15 is 0 Å². The number of carbonyl (C=O) groups is 4. The number of carboxylic acid groups (broad SMARTS) is 1. The first-order valence-electron chi connectivity index (χ1n) is 20.5. The zero-order chi connectivity index (χ0) is 40.6. The Morgan fingerprint density at radius 2 is 1.55 bits per heavy atom. The molecule has 56 heavy (non-hydrogen) atoms. The monoisotopic (exact) mass is 775 g/mol. The third-order valence-electron chi connectivity index (χ3n) is 14.2. The van der Waals surface area contributed by atoms with Crippen molar-refractivity contribution in [1.29, 1.82) is 0 Å². The van der Waals surface area contributed by atoms with Gasteiger partial charge < -0.3 is 34.8 Å². The molecule has 0 bridgehead atoms. The Bertz CT molecular complexity index is 1710. The van der Waals surface area contributed by atoms with E-state index in [0.717, 1.165) is 19.3 Å². The van der Waals surface area contributed by atoms with Crippen LogP contribution in [0.15, 0.2) is 60.7 Å². The lowest BCUT2D eigenvalue weighted by atomic mass is 9.43.